The number of halogens is 1. The maximum absolute atomic E-state index is 5.96. The molecule has 0 amide bonds. The van der Waals surface area contributed by atoms with Crippen LogP contribution in [0.15, 0.2) is 22.7 Å². The predicted molar refractivity (Wildman–Crippen MR) is 83.9 cm³/mol. The van der Waals surface area contributed by atoms with Gasteiger partial charge in [0.15, 0.2) is 0 Å². The van der Waals surface area contributed by atoms with Crippen molar-refractivity contribution < 1.29 is 9.47 Å². The Balaban J connectivity index is 1.93. The van der Waals surface area contributed by atoms with Gasteiger partial charge in [0, 0.05) is 5.92 Å². The summed E-state index contributed by atoms with van der Waals surface area (Å²) in [7, 11) is 1.62. The molecule has 0 radical (unpaired) electrons. The van der Waals surface area contributed by atoms with Gasteiger partial charge in [0.2, 0.25) is 5.88 Å². The van der Waals surface area contributed by atoms with Crippen LogP contribution in [0.5, 0.6) is 17.4 Å². The fraction of sp³-hybridized carbons (Fsp3) is 0.333. The normalized spacial score (nSPS) is 14.0. The van der Waals surface area contributed by atoms with Crippen molar-refractivity contribution in [1.29, 1.82) is 0 Å². The number of ether oxygens (including phenoxy) is 2. The summed E-state index contributed by atoms with van der Waals surface area (Å²) >= 11 is 3.47. The lowest BCUT2D eigenvalue weighted by Crippen LogP contribution is -2.04. The van der Waals surface area contributed by atoms with E-state index < -0.39 is 0 Å². The van der Waals surface area contributed by atoms with E-state index in [-0.39, 0.29) is 0 Å². The quantitative estimate of drug-likeness (QED) is 0.908. The standard InChI is InChI=1S/C15H16BrN3O2/c1-8-13(17)18-14(9-3-4-9)19-15(8)21-12-6-5-10(20-2)7-11(12)16/h5-7,9H,3-4H2,1-2H3,(H2,17,18,19). The number of nitrogen functional groups attached to an aromatic ring is 1. The van der Waals surface area contributed by atoms with Gasteiger partial charge in [0.05, 0.1) is 17.1 Å². The minimum absolute atomic E-state index is 0.426. The van der Waals surface area contributed by atoms with E-state index in [1.807, 2.05) is 25.1 Å². The first-order valence-electron chi connectivity index (χ1n) is 6.74. The number of nitrogens with zero attached hydrogens (tertiary/aromatic N) is 2. The van der Waals surface area contributed by atoms with Crippen LogP contribution in [-0.2, 0) is 0 Å². The Morgan fingerprint density at radius 2 is 2.05 bits per heavy atom. The molecule has 110 valence electrons. The van der Waals surface area contributed by atoms with Crippen LogP contribution in [0.25, 0.3) is 0 Å². The summed E-state index contributed by atoms with van der Waals surface area (Å²) in [5, 5.41) is 0. The molecule has 1 fully saturated rings. The molecular formula is C15H16BrN3O2. The third-order valence-electron chi connectivity index (χ3n) is 3.44. The van der Waals surface area contributed by atoms with Gasteiger partial charge >= 0.3 is 0 Å². The van der Waals surface area contributed by atoms with Crippen LogP contribution in [0.3, 0.4) is 0 Å². The van der Waals surface area contributed by atoms with Crippen LogP contribution >= 0.6 is 15.9 Å². The first-order valence-corrected chi connectivity index (χ1v) is 7.53. The van der Waals surface area contributed by atoms with Crippen LogP contribution in [0.4, 0.5) is 5.82 Å². The first kappa shape index (κ1) is 14.1. The average molecular weight is 350 g/mol. The second kappa shape index (κ2) is 5.52. The van der Waals surface area contributed by atoms with Gasteiger partial charge in [0.25, 0.3) is 0 Å². The van der Waals surface area contributed by atoms with Crippen LogP contribution in [-0.4, -0.2) is 17.1 Å². The third kappa shape index (κ3) is 2.95. The van der Waals surface area contributed by atoms with E-state index in [2.05, 4.69) is 25.9 Å². The number of aromatic nitrogens is 2. The maximum Gasteiger partial charge on any atom is 0.227 e. The topological polar surface area (TPSA) is 70.3 Å². The SMILES string of the molecule is COc1ccc(Oc2nc(C3CC3)nc(N)c2C)c(Br)c1. The molecule has 1 aliphatic rings. The second-order valence-electron chi connectivity index (χ2n) is 5.07. The molecule has 0 aliphatic heterocycles. The van der Waals surface area contributed by atoms with Crippen LogP contribution < -0.4 is 15.2 Å². The maximum atomic E-state index is 5.96. The van der Waals surface area contributed by atoms with Crippen molar-refractivity contribution in [3.05, 3.63) is 34.1 Å². The van der Waals surface area contributed by atoms with E-state index in [4.69, 9.17) is 15.2 Å². The summed E-state index contributed by atoms with van der Waals surface area (Å²) in [6.45, 7) is 1.86. The highest BCUT2D eigenvalue weighted by molar-refractivity contribution is 9.10. The van der Waals surface area contributed by atoms with Crippen molar-refractivity contribution in [2.75, 3.05) is 12.8 Å². The van der Waals surface area contributed by atoms with Crippen molar-refractivity contribution in [1.82, 2.24) is 9.97 Å². The molecule has 5 nitrogen and oxygen atoms in total. The molecule has 6 heteroatoms. The number of methoxy groups -OCH3 is 1. The largest absolute Gasteiger partial charge is 0.497 e. The van der Waals surface area contributed by atoms with E-state index in [0.29, 0.717) is 23.4 Å². The molecule has 0 spiro atoms. The van der Waals surface area contributed by atoms with Crippen LogP contribution in [0, 0.1) is 6.92 Å². The zero-order valence-electron chi connectivity index (χ0n) is 11.9. The van der Waals surface area contributed by atoms with Gasteiger partial charge in [-0.3, -0.25) is 0 Å². The molecule has 1 aromatic heterocycles. The van der Waals surface area contributed by atoms with Gasteiger partial charge in [-0.05, 0) is 53.9 Å². The van der Waals surface area contributed by atoms with E-state index in [1.54, 1.807) is 7.11 Å². The van der Waals surface area contributed by atoms with Crippen molar-refractivity contribution in [3.63, 3.8) is 0 Å². The van der Waals surface area contributed by atoms with Gasteiger partial charge in [0.1, 0.15) is 23.1 Å². The Kier molecular flexibility index (Phi) is 3.71. The Labute approximate surface area is 131 Å². The molecule has 1 aliphatic carbocycles. The summed E-state index contributed by atoms with van der Waals surface area (Å²) in [5.74, 6) is 3.61. The van der Waals surface area contributed by atoms with E-state index in [1.165, 1.54) is 0 Å². The van der Waals surface area contributed by atoms with Crippen LogP contribution in [0.2, 0.25) is 0 Å². The Morgan fingerprint density at radius 3 is 2.67 bits per heavy atom. The molecule has 0 saturated heterocycles. The molecule has 2 N–H and O–H groups in total. The molecule has 1 heterocycles. The number of hydrogen-bond acceptors (Lipinski definition) is 5. The molecule has 21 heavy (non-hydrogen) atoms. The van der Waals surface area contributed by atoms with Crippen molar-refractivity contribution in [3.8, 4) is 17.4 Å². The number of rotatable bonds is 4. The predicted octanol–water partition coefficient (Wildman–Crippen LogP) is 3.81. The lowest BCUT2D eigenvalue weighted by Gasteiger charge is -2.12. The van der Waals surface area contributed by atoms with E-state index >= 15 is 0 Å². The molecule has 2 aromatic rings. The highest BCUT2D eigenvalue weighted by Crippen LogP contribution is 2.40. The summed E-state index contributed by atoms with van der Waals surface area (Å²) in [6.07, 6.45) is 2.24. The first-order chi connectivity index (χ1) is 10.1. The molecule has 1 aromatic carbocycles. The Morgan fingerprint density at radius 1 is 1.29 bits per heavy atom. The monoisotopic (exact) mass is 349 g/mol. The number of benzene rings is 1. The van der Waals surface area contributed by atoms with E-state index in [0.717, 1.165) is 34.5 Å². The van der Waals surface area contributed by atoms with Crippen molar-refractivity contribution in [2.45, 2.75) is 25.7 Å². The third-order valence-corrected chi connectivity index (χ3v) is 4.06. The number of hydrogen-bond donors (Lipinski definition) is 1. The lowest BCUT2D eigenvalue weighted by atomic mass is 10.3. The minimum atomic E-state index is 0.426. The second-order valence-corrected chi connectivity index (χ2v) is 5.92. The molecule has 1 saturated carbocycles. The molecule has 0 bridgehead atoms. The fourth-order valence-corrected chi connectivity index (χ4v) is 2.39. The van der Waals surface area contributed by atoms with Crippen LogP contribution in [0.1, 0.15) is 30.1 Å². The van der Waals surface area contributed by atoms with Gasteiger partial charge in [-0.1, -0.05) is 0 Å². The van der Waals surface area contributed by atoms with Gasteiger partial charge < -0.3 is 15.2 Å². The molecule has 0 atom stereocenters. The zero-order valence-corrected chi connectivity index (χ0v) is 13.5. The highest BCUT2D eigenvalue weighted by Gasteiger charge is 2.28. The molecule has 3 rings (SSSR count). The Hall–Kier alpha value is -1.82. The molecule has 0 unspecified atom stereocenters. The zero-order chi connectivity index (χ0) is 15.0. The summed E-state index contributed by atoms with van der Waals surface area (Å²) in [6, 6.07) is 5.51. The summed E-state index contributed by atoms with van der Waals surface area (Å²) < 4.78 is 11.9. The van der Waals surface area contributed by atoms with E-state index in [9.17, 15) is 0 Å². The Bertz CT molecular complexity index is 687. The summed E-state index contributed by atoms with van der Waals surface area (Å²) in [5.41, 5.74) is 6.71. The average Bonchev–Trinajstić information content (AvgIpc) is 3.30. The summed E-state index contributed by atoms with van der Waals surface area (Å²) in [4.78, 5) is 8.85. The van der Waals surface area contributed by atoms with Gasteiger partial charge in [-0.2, -0.15) is 4.98 Å². The highest BCUT2D eigenvalue weighted by atomic mass is 79.9. The fourth-order valence-electron chi connectivity index (χ4n) is 1.95. The van der Waals surface area contributed by atoms with Gasteiger partial charge in [-0.25, -0.2) is 4.98 Å². The van der Waals surface area contributed by atoms with Crippen molar-refractivity contribution in [2.24, 2.45) is 0 Å². The number of anilines is 1. The smallest absolute Gasteiger partial charge is 0.227 e. The number of nitrogens with two attached hydrogens (primary N) is 1. The van der Waals surface area contributed by atoms with Gasteiger partial charge in [-0.15, -0.1) is 0 Å². The minimum Gasteiger partial charge on any atom is -0.497 e. The molecular weight excluding hydrogens is 334 g/mol. The lowest BCUT2D eigenvalue weighted by molar-refractivity contribution is 0.411. The van der Waals surface area contributed by atoms with Crippen molar-refractivity contribution >= 4 is 21.7 Å².